The summed E-state index contributed by atoms with van der Waals surface area (Å²) in [7, 11) is 0. The van der Waals surface area contributed by atoms with Crippen LogP contribution in [0.4, 0.5) is 5.69 Å². The van der Waals surface area contributed by atoms with Crippen molar-refractivity contribution in [2.75, 3.05) is 4.90 Å². The highest BCUT2D eigenvalue weighted by molar-refractivity contribution is 6.07. The zero-order valence-corrected chi connectivity index (χ0v) is 11.1. The minimum absolute atomic E-state index is 0.0194. The van der Waals surface area contributed by atoms with Gasteiger partial charge in [-0.05, 0) is 35.2 Å². The van der Waals surface area contributed by atoms with Gasteiger partial charge in [0.2, 0.25) is 0 Å². The van der Waals surface area contributed by atoms with Crippen molar-refractivity contribution in [1.29, 1.82) is 0 Å². The third-order valence-corrected chi connectivity index (χ3v) is 3.55. The van der Waals surface area contributed by atoms with E-state index in [4.69, 9.17) is 0 Å². The lowest BCUT2D eigenvalue weighted by Gasteiger charge is -2.36. The quantitative estimate of drug-likeness (QED) is 0.821. The molecule has 0 fully saturated rings. The van der Waals surface area contributed by atoms with Gasteiger partial charge in [0.25, 0.3) is 5.91 Å². The van der Waals surface area contributed by atoms with Crippen molar-refractivity contribution >= 4 is 11.6 Å². The molecule has 19 heavy (non-hydrogen) atoms. The van der Waals surface area contributed by atoms with E-state index in [0.29, 0.717) is 18.2 Å². The predicted octanol–water partition coefficient (Wildman–Crippen LogP) is 3.37. The molecule has 1 aliphatic rings. The first-order chi connectivity index (χ1) is 9.18. The van der Waals surface area contributed by atoms with Gasteiger partial charge in [-0.2, -0.15) is 0 Å². The molecule has 0 unspecified atom stereocenters. The fourth-order valence-electron chi connectivity index (χ4n) is 2.52. The maximum Gasteiger partial charge on any atom is 0.277 e. The second-order valence-corrected chi connectivity index (χ2v) is 5.11. The van der Waals surface area contributed by atoms with Gasteiger partial charge >= 0.3 is 0 Å². The molecule has 1 aliphatic heterocycles. The van der Waals surface area contributed by atoms with Crippen LogP contribution in [0.3, 0.4) is 0 Å². The topological polar surface area (TPSA) is 33.2 Å². The van der Waals surface area contributed by atoms with E-state index in [2.05, 4.69) is 24.9 Å². The Balaban J connectivity index is 1.92. The highest BCUT2D eigenvalue weighted by Gasteiger charge is 2.31. The van der Waals surface area contributed by atoms with Crippen molar-refractivity contribution in [1.82, 2.24) is 4.98 Å². The van der Waals surface area contributed by atoms with Gasteiger partial charge in [-0.15, -0.1) is 0 Å². The molecule has 0 aliphatic carbocycles. The van der Waals surface area contributed by atoms with Crippen molar-refractivity contribution < 1.29 is 4.79 Å². The normalized spacial score (nSPS) is 13.1. The number of nitrogens with zero attached hydrogens (tertiary/aromatic N) is 2. The molecule has 3 heteroatoms. The molecule has 0 bridgehead atoms. The summed E-state index contributed by atoms with van der Waals surface area (Å²) in [6.07, 6.45) is 1.65. The van der Waals surface area contributed by atoms with Crippen LogP contribution in [0.25, 0.3) is 0 Å². The summed E-state index contributed by atoms with van der Waals surface area (Å²) >= 11 is 0. The van der Waals surface area contributed by atoms with Gasteiger partial charge in [0.1, 0.15) is 5.69 Å². The van der Waals surface area contributed by atoms with Crippen LogP contribution in [0, 0.1) is 0 Å². The Morgan fingerprint density at radius 2 is 2.05 bits per heavy atom. The summed E-state index contributed by atoms with van der Waals surface area (Å²) < 4.78 is 0. The van der Waals surface area contributed by atoms with Crippen molar-refractivity contribution in [3.63, 3.8) is 0 Å². The van der Waals surface area contributed by atoms with Crippen LogP contribution in [-0.2, 0) is 6.54 Å². The number of carbonyl (C=O) groups excluding carboxylic acids is 1. The molecule has 3 nitrogen and oxygen atoms in total. The molecule has 1 aromatic heterocycles. The first-order valence-corrected chi connectivity index (χ1v) is 6.53. The Morgan fingerprint density at radius 3 is 2.74 bits per heavy atom. The smallest absolute Gasteiger partial charge is 0.277 e. The van der Waals surface area contributed by atoms with Gasteiger partial charge in [-0.3, -0.25) is 9.78 Å². The SMILES string of the molecule is CC(C)c1cccc2c1CN2C(=O)c1ccccn1. The summed E-state index contributed by atoms with van der Waals surface area (Å²) in [5.41, 5.74) is 4.16. The van der Waals surface area contributed by atoms with E-state index in [1.165, 1.54) is 11.1 Å². The van der Waals surface area contributed by atoms with E-state index >= 15 is 0 Å². The Morgan fingerprint density at radius 1 is 1.21 bits per heavy atom. The largest absolute Gasteiger partial charge is 0.302 e. The second kappa shape index (κ2) is 4.50. The number of amides is 1. The van der Waals surface area contributed by atoms with E-state index in [0.717, 1.165) is 5.69 Å². The van der Waals surface area contributed by atoms with E-state index in [1.807, 2.05) is 24.3 Å². The average molecular weight is 252 g/mol. The third-order valence-electron chi connectivity index (χ3n) is 3.55. The first kappa shape index (κ1) is 11.9. The highest BCUT2D eigenvalue weighted by atomic mass is 16.2. The number of anilines is 1. The van der Waals surface area contributed by atoms with Crippen molar-refractivity contribution in [2.24, 2.45) is 0 Å². The number of hydrogen-bond donors (Lipinski definition) is 0. The number of aromatic nitrogens is 1. The lowest BCUT2D eigenvalue weighted by Crippen LogP contribution is -2.39. The maximum absolute atomic E-state index is 12.3. The van der Waals surface area contributed by atoms with E-state index < -0.39 is 0 Å². The average Bonchev–Trinajstić information content (AvgIpc) is 2.40. The number of benzene rings is 1. The van der Waals surface area contributed by atoms with Crippen LogP contribution < -0.4 is 4.90 Å². The molecule has 2 aromatic rings. The fraction of sp³-hybridized carbons (Fsp3) is 0.250. The Labute approximate surface area is 112 Å². The van der Waals surface area contributed by atoms with Crippen LogP contribution in [0.15, 0.2) is 42.6 Å². The minimum atomic E-state index is -0.0194. The van der Waals surface area contributed by atoms with E-state index in [-0.39, 0.29) is 5.91 Å². The summed E-state index contributed by atoms with van der Waals surface area (Å²) in [5.74, 6) is 0.469. The lowest BCUT2D eigenvalue weighted by molar-refractivity contribution is 0.0974. The lowest BCUT2D eigenvalue weighted by atomic mass is 9.90. The number of pyridine rings is 1. The summed E-state index contributed by atoms with van der Waals surface area (Å²) in [4.78, 5) is 18.3. The molecular formula is C16H16N2O. The van der Waals surface area contributed by atoms with Crippen LogP contribution in [0.1, 0.15) is 41.4 Å². The zero-order valence-electron chi connectivity index (χ0n) is 11.1. The molecule has 1 aromatic carbocycles. The molecule has 0 spiro atoms. The summed E-state index contributed by atoms with van der Waals surface area (Å²) in [5, 5.41) is 0. The van der Waals surface area contributed by atoms with Gasteiger partial charge in [0, 0.05) is 11.9 Å². The van der Waals surface area contributed by atoms with Gasteiger partial charge in [0.05, 0.1) is 6.54 Å². The van der Waals surface area contributed by atoms with Gasteiger partial charge in [0.15, 0.2) is 0 Å². The van der Waals surface area contributed by atoms with Crippen molar-refractivity contribution in [3.8, 4) is 0 Å². The molecule has 2 heterocycles. The number of rotatable bonds is 2. The molecule has 96 valence electrons. The molecular weight excluding hydrogens is 236 g/mol. The van der Waals surface area contributed by atoms with Gasteiger partial charge < -0.3 is 4.90 Å². The number of fused-ring (bicyclic) bond motifs is 1. The van der Waals surface area contributed by atoms with Crippen molar-refractivity contribution in [2.45, 2.75) is 26.3 Å². The predicted molar refractivity (Wildman–Crippen MR) is 75.3 cm³/mol. The van der Waals surface area contributed by atoms with Crippen LogP contribution in [0.2, 0.25) is 0 Å². The number of carbonyl (C=O) groups is 1. The molecule has 1 amide bonds. The zero-order chi connectivity index (χ0) is 13.4. The summed E-state index contributed by atoms with van der Waals surface area (Å²) in [6, 6.07) is 11.6. The van der Waals surface area contributed by atoms with Crippen LogP contribution in [0.5, 0.6) is 0 Å². The summed E-state index contributed by atoms with van der Waals surface area (Å²) in [6.45, 7) is 5.05. The third kappa shape index (κ3) is 1.91. The highest BCUT2D eigenvalue weighted by Crippen LogP contribution is 2.38. The number of hydrogen-bond acceptors (Lipinski definition) is 2. The second-order valence-electron chi connectivity index (χ2n) is 5.11. The molecule has 0 saturated carbocycles. The monoisotopic (exact) mass is 252 g/mol. The molecule has 0 radical (unpaired) electrons. The first-order valence-electron chi connectivity index (χ1n) is 6.53. The van der Waals surface area contributed by atoms with Crippen LogP contribution in [-0.4, -0.2) is 10.9 Å². The van der Waals surface area contributed by atoms with E-state index in [9.17, 15) is 4.79 Å². The van der Waals surface area contributed by atoms with Crippen molar-refractivity contribution in [3.05, 3.63) is 59.4 Å². The Hall–Kier alpha value is -2.16. The Kier molecular flexibility index (Phi) is 2.82. The Bertz CT molecular complexity index is 620. The molecule has 0 saturated heterocycles. The molecule has 0 N–H and O–H groups in total. The molecule has 3 rings (SSSR count). The van der Waals surface area contributed by atoms with Gasteiger partial charge in [-0.25, -0.2) is 0 Å². The minimum Gasteiger partial charge on any atom is -0.302 e. The van der Waals surface area contributed by atoms with Crippen LogP contribution >= 0.6 is 0 Å². The molecule has 0 atom stereocenters. The standard InChI is InChI=1S/C16H16N2O/c1-11(2)12-6-5-8-15-13(12)10-18(15)16(19)14-7-3-4-9-17-14/h3-9,11H,10H2,1-2H3. The van der Waals surface area contributed by atoms with E-state index in [1.54, 1.807) is 17.2 Å². The maximum atomic E-state index is 12.3. The fourth-order valence-corrected chi connectivity index (χ4v) is 2.52. The van der Waals surface area contributed by atoms with Gasteiger partial charge in [-0.1, -0.05) is 32.0 Å².